The molecule has 6 rings (SSSR count). The molecule has 6 heteroatoms. The third kappa shape index (κ3) is 2.11. The first kappa shape index (κ1) is 15.9. The van der Waals surface area contributed by atoms with E-state index in [2.05, 4.69) is 11.1 Å². The van der Waals surface area contributed by atoms with Gasteiger partial charge in [0, 0.05) is 37.8 Å². The standard InChI is InChI=1S/C18H20FN3O.ClH/c1-20-8-12-9-22(16-10-21-4-2-11(16)3-5-21)18(23)14-6-13(19)7-15(20)17(12)14;/h6-8,11,16H,2-5,9-10H2,1H3;1H/t16-;/m0./s1. The Labute approximate surface area is 146 Å². The van der Waals surface area contributed by atoms with Crippen LogP contribution in [0.25, 0.3) is 10.9 Å². The molecule has 1 aromatic carbocycles. The van der Waals surface area contributed by atoms with Crippen LogP contribution in [0.15, 0.2) is 18.3 Å². The number of carbonyl (C=O) groups excluding carboxylic acids is 1. The maximum absolute atomic E-state index is 14.0. The van der Waals surface area contributed by atoms with Gasteiger partial charge in [0.25, 0.3) is 5.91 Å². The average molecular weight is 350 g/mol. The van der Waals surface area contributed by atoms with Crippen molar-refractivity contribution in [3.8, 4) is 0 Å². The Hall–Kier alpha value is -1.59. The number of rotatable bonds is 1. The number of carbonyl (C=O) groups is 1. The molecule has 0 unspecified atom stereocenters. The summed E-state index contributed by atoms with van der Waals surface area (Å²) in [6, 6.07) is 3.22. The van der Waals surface area contributed by atoms with Gasteiger partial charge in [-0.25, -0.2) is 4.39 Å². The monoisotopic (exact) mass is 349 g/mol. The zero-order chi connectivity index (χ0) is 15.7. The summed E-state index contributed by atoms with van der Waals surface area (Å²) in [4.78, 5) is 17.5. The van der Waals surface area contributed by atoms with Crippen molar-refractivity contribution in [3.05, 3.63) is 35.3 Å². The number of nitrogens with zero attached hydrogens (tertiary/aromatic N) is 3. The fourth-order valence-electron chi connectivity index (χ4n) is 4.83. The van der Waals surface area contributed by atoms with Crippen molar-refractivity contribution in [1.82, 2.24) is 14.4 Å². The molecule has 0 aliphatic carbocycles. The first-order valence-electron chi connectivity index (χ1n) is 8.42. The van der Waals surface area contributed by atoms with Gasteiger partial charge in [-0.3, -0.25) is 4.79 Å². The molecule has 24 heavy (non-hydrogen) atoms. The Balaban J connectivity index is 0.00000146. The maximum Gasteiger partial charge on any atom is 0.255 e. The van der Waals surface area contributed by atoms with Crippen LogP contribution in [0.2, 0.25) is 0 Å². The van der Waals surface area contributed by atoms with E-state index in [9.17, 15) is 9.18 Å². The first-order valence-corrected chi connectivity index (χ1v) is 8.42. The highest BCUT2D eigenvalue weighted by Crippen LogP contribution is 2.37. The summed E-state index contributed by atoms with van der Waals surface area (Å²) in [5.41, 5.74) is 2.50. The molecule has 1 atom stereocenters. The largest absolute Gasteiger partial charge is 0.350 e. The van der Waals surface area contributed by atoms with Gasteiger partial charge >= 0.3 is 0 Å². The van der Waals surface area contributed by atoms with E-state index >= 15 is 0 Å². The third-order valence-corrected chi connectivity index (χ3v) is 5.99. The molecule has 128 valence electrons. The van der Waals surface area contributed by atoms with Crippen LogP contribution in [0.3, 0.4) is 0 Å². The summed E-state index contributed by atoms with van der Waals surface area (Å²) in [5, 5.41) is 0.941. The van der Waals surface area contributed by atoms with Crippen LogP contribution in [0.4, 0.5) is 4.39 Å². The third-order valence-electron chi connectivity index (χ3n) is 5.99. The molecule has 0 N–H and O–H groups in total. The van der Waals surface area contributed by atoms with Gasteiger partial charge < -0.3 is 14.4 Å². The Morgan fingerprint density at radius 1 is 1.21 bits per heavy atom. The fraction of sp³-hybridized carbons (Fsp3) is 0.500. The highest BCUT2D eigenvalue weighted by Gasteiger charge is 2.41. The van der Waals surface area contributed by atoms with Crippen molar-refractivity contribution in [3.63, 3.8) is 0 Å². The van der Waals surface area contributed by atoms with E-state index in [0.717, 1.165) is 36.1 Å². The zero-order valence-corrected chi connectivity index (χ0v) is 14.5. The Kier molecular flexibility index (Phi) is 3.62. The molecule has 4 aliphatic heterocycles. The molecule has 0 spiro atoms. The minimum Gasteiger partial charge on any atom is -0.350 e. The minimum atomic E-state index is -0.329. The molecular formula is C18H21ClFN3O. The van der Waals surface area contributed by atoms with Crippen LogP contribution in [0.1, 0.15) is 28.8 Å². The Bertz CT molecular complexity index is 825. The number of aromatic nitrogens is 1. The molecule has 2 aromatic rings. The molecule has 3 fully saturated rings. The van der Waals surface area contributed by atoms with Gasteiger partial charge in [-0.15, -0.1) is 12.4 Å². The minimum absolute atomic E-state index is 0. The van der Waals surface area contributed by atoms with Crippen molar-refractivity contribution < 1.29 is 9.18 Å². The van der Waals surface area contributed by atoms with Crippen molar-refractivity contribution in [2.24, 2.45) is 13.0 Å². The van der Waals surface area contributed by atoms with Gasteiger partial charge in [0.1, 0.15) is 5.82 Å². The summed E-state index contributed by atoms with van der Waals surface area (Å²) >= 11 is 0. The average Bonchev–Trinajstić information content (AvgIpc) is 2.88. The van der Waals surface area contributed by atoms with E-state index in [4.69, 9.17) is 0 Å². The molecule has 4 aliphatic rings. The van der Waals surface area contributed by atoms with Crippen molar-refractivity contribution in [2.45, 2.75) is 25.4 Å². The number of piperidine rings is 3. The zero-order valence-electron chi connectivity index (χ0n) is 13.7. The van der Waals surface area contributed by atoms with Gasteiger partial charge in [-0.1, -0.05) is 0 Å². The summed E-state index contributed by atoms with van der Waals surface area (Å²) in [5.74, 6) is 0.273. The molecule has 3 saturated heterocycles. The van der Waals surface area contributed by atoms with Gasteiger partial charge in [-0.2, -0.15) is 0 Å². The summed E-state index contributed by atoms with van der Waals surface area (Å²) in [6.45, 7) is 3.94. The number of hydrogen-bond donors (Lipinski definition) is 0. The lowest BCUT2D eigenvalue weighted by molar-refractivity contribution is 0.00404. The highest BCUT2D eigenvalue weighted by molar-refractivity contribution is 6.09. The molecule has 0 saturated carbocycles. The topological polar surface area (TPSA) is 28.5 Å². The van der Waals surface area contributed by atoms with Crippen LogP contribution in [0, 0.1) is 11.7 Å². The lowest BCUT2D eigenvalue weighted by Crippen LogP contribution is -2.58. The normalized spacial score (nSPS) is 28.3. The van der Waals surface area contributed by atoms with Crippen molar-refractivity contribution in [1.29, 1.82) is 0 Å². The van der Waals surface area contributed by atoms with Gasteiger partial charge in [0.2, 0.25) is 0 Å². The van der Waals surface area contributed by atoms with Crippen molar-refractivity contribution in [2.75, 3.05) is 19.6 Å². The van der Waals surface area contributed by atoms with E-state index in [1.165, 1.54) is 25.0 Å². The first-order chi connectivity index (χ1) is 11.1. The highest BCUT2D eigenvalue weighted by atomic mass is 35.5. The molecule has 2 bridgehead atoms. The summed E-state index contributed by atoms with van der Waals surface area (Å²) in [6.07, 6.45) is 4.40. The number of aryl methyl sites for hydroxylation is 1. The van der Waals surface area contributed by atoms with Crippen LogP contribution in [-0.4, -0.2) is 46.0 Å². The molecule has 0 radical (unpaired) electrons. The molecular weight excluding hydrogens is 329 g/mol. The number of fused-ring (bicyclic) bond motifs is 3. The van der Waals surface area contributed by atoms with Crippen LogP contribution < -0.4 is 0 Å². The number of hydrogen-bond acceptors (Lipinski definition) is 2. The number of halogens is 2. The molecule has 1 aromatic heterocycles. The predicted molar refractivity (Wildman–Crippen MR) is 93.0 cm³/mol. The molecule has 4 nitrogen and oxygen atoms in total. The predicted octanol–water partition coefficient (Wildman–Crippen LogP) is 2.79. The van der Waals surface area contributed by atoms with Crippen LogP contribution in [0.5, 0.6) is 0 Å². The van der Waals surface area contributed by atoms with Crippen LogP contribution in [-0.2, 0) is 13.6 Å². The smallest absolute Gasteiger partial charge is 0.255 e. The fourth-order valence-corrected chi connectivity index (χ4v) is 4.83. The lowest BCUT2D eigenvalue weighted by Gasteiger charge is -2.49. The Morgan fingerprint density at radius 3 is 2.62 bits per heavy atom. The van der Waals surface area contributed by atoms with E-state index in [1.807, 2.05) is 16.5 Å². The molecule has 5 heterocycles. The number of amides is 1. The maximum atomic E-state index is 14.0. The van der Waals surface area contributed by atoms with Gasteiger partial charge in [0.15, 0.2) is 0 Å². The van der Waals surface area contributed by atoms with E-state index in [1.54, 1.807) is 0 Å². The van der Waals surface area contributed by atoms with E-state index in [0.29, 0.717) is 18.0 Å². The van der Waals surface area contributed by atoms with Crippen LogP contribution >= 0.6 is 12.4 Å². The number of benzene rings is 1. The quantitative estimate of drug-likeness (QED) is 0.792. The second-order valence-electron chi connectivity index (χ2n) is 7.25. The van der Waals surface area contributed by atoms with Crippen molar-refractivity contribution >= 4 is 29.2 Å². The van der Waals surface area contributed by atoms with Gasteiger partial charge in [-0.05, 0) is 49.5 Å². The summed E-state index contributed by atoms with van der Waals surface area (Å²) < 4.78 is 15.9. The van der Waals surface area contributed by atoms with E-state index < -0.39 is 0 Å². The SMILES string of the molecule is Cl.Cn1cc2c3c(cc(F)cc31)C(=O)N([C@H]1CN3CCC1CC3)C2. The Morgan fingerprint density at radius 2 is 1.96 bits per heavy atom. The van der Waals surface area contributed by atoms with Gasteiger partial charge in [0.05, 0.1) is 11.1 Å². The second-order valence-corrected chi connectivity index (χ2v) is 7.25. The molecule has 1 amide bonds. The summed E-state index contributed by atoms with van der Waals surface area (Å²) in [7, 11) is 1.92. The lowest BCUT2D eigenvalue weighted by atomic mass is 9.82. The van der Waals surface area contributed by atoms with E-state index in [-0.39, 0.29) is 30.2 Å². The second kappa shape index (κ2) is 5.46.